The van der Waals surface area contributed by atoms with Gasteiger partial charge in [0.15, 0.2) is 11.5 Å². The smallest absolute Gasteiger partial charge is 0.238 e. The normalized spacial score (nSPS) is 21.6. The second kappa shape index (κ2) is 5.07. The zero-order chi connectivity index (χ0) is 13.2. The molecule has 0 bridgehead atoms. The van der Waals surface area contributed by atoms with Crippen LogP contribution in [0.25, 0.3) is 0 Å². The van der Waals surface area contributed by atoms with Gasteiger partial charge in [-0.2, -0.15) is 0 Å². The Morgan fingerprint density at radius 2 is 2.26 bits per heavy atom. The van der Waals surface area contributed by atoms with Gasteiger partial charge in [0.25, 0.3) is 0 Å². The van der Waals surface area contributed by atoms with Gasteiger partial charge in [0.2, 0.25) is 12.7 Å². The van der Waals surface area contributed by atoms with Gasteiger partial charge < -0.3 is 19.9 Å². The van der Waals surface area contributed by atoms with Crippen molar-refractivity contribution in [3.63, 3.8) is 0 Å². The van der Waals surface area contributed by atoms with Crippen molar-refractivity contribution in [2.24, 2.45) is 0 Å². The lowest BCUT2D eigenvalue weighted by atomic mass is 10.2. The Hall–Kier alpha value is -1.79. The van der Waals surface area contributed by atoms with Crippen molar-refractivity contribution in [3.05, 3.63) is 18.2 Å². The molecular weight excluding hydrogens is 248 g/mol. The predicted octanol–water partition coefficient (Wildman–Crippen LogP) is 0.420. The molecule has 0 aliphatic carbocycles. The van der Waals surface area contributed by atoms with Crippen LogP contribution >= 0.6 is 0 Å². The lowest BCUT2D eigenvalue weighted by Gasteiger charge is -2.14. The molecule has 102 valence electrons. The first-order valence-corrected chi connectivity index (χ1v) is 6.30. The number of rotatable bonds is 3. The van der Waals surface area contributed by atoms with Crippen LogP contribution in [0.15, 0.2) is 18.2 Å². The van der Waals surface area contributed by atoms with Crippen LogP contribution in [-0.4, -0.2) is 48.4 Å². The average molecular weight is 264 g/mol. The molecule has 6 nitrogen and oxygen atoms in total. The largest absolute Gasteiger partial charge is 0.454 e. The molecule has 2 N–H and O–H groups in total. The van der Waals surface area contributed by atoms with E-state index in [2.05, 4.69) is 5.32 Å². The van der Waals surface area contributed by atoms with Gasteiger partial charge in [-0.25, -0.2) is 0 Å². The van der Waals surface area contributed by atoms with Crippen molar-refractivity contribution in [1.82, 2.24) is 4.90 Å². The highest BCUT2D eigenvalue weighted by molar-refractivity contribution is 5.92. The number of benzene rings is 1. The van der Waals surface area contributed by atoms with E-state index in [0.29, 0.717) is 30.3 Å². The molecule has 2 aliphatic heterocycles. The first kappa shape index (κ1) is 12.3. The van der Waals surface area contributed by atoms with E-state index in [1.54, 1.807) is 18.2 Å². The summed E-state index contributed by atoms with van der Waals surface area (Å²) in [4.78, 5) is 13.8. The van der Waals surface area contributed by atoms with Crippen molar-refractivity contribution in [3.8, 4) is 11.5 Å². The third kappa shape index (κ3) is 2.80. The third-order valence-electron chi connectivity index (χ3n) is 3.27. The molecule has 6 heteroatoms. The number of ether oxygens (including phenoxy) is 2. The minimum absolute atomic E-state index is 0.0898. The van der Waals surface area contributed by atoms with Gasteiger partial charge in [-0.1, -0.05) is 0 Å². The Labute approximate surface area is 110 Å². The molecule has 1 aromatic carbocycles. The zero-order valence-corrected chi connectivity index (χ0v) is 10.5. The molecule has 1 fully saturated rings. The van der Waals surface area contributed by atoms with E-state index in [9.17, 15) is 9.90 Å². The van der Waals surface area contributed by atoms with E-state index < -0.39 is 0 Å². The Morgan fingerprint density at radius 1 is 1.42 bits per heavy atom. The molecule has 0 unspecified atom stereocenters. The summed E-state index contributed by atoms with van der Waals surface area (Å²) < 4.78 is 10.5. The third-order valence-corrected chi connectivity index (χ3v) is 3.27. The molecule has 2 heterocycles. The van der Waals surface area contributed by atoms with E-state index >= 15 is 0 Å². The van der Waals surface area contributed by atoms with Crippen LogP contribution in [0.1, 0.15) is 6.42 Å². The van der Waals surface area contributed by atoms with Gasteiger partial charge in [0, 0.05) is 24.8 Å². The van der Waals surface area contributed by atoms with Crippen LogP contribution in [0, 0.1) is 0 Å². The standard InChI is InChI=1S/C13H16N2O4/c16-10-3-4-15(6-10)7-13(17)14-9-1-2-11-12(5-9)19-8-18-11/h1-2,5,10,16H,3-4,6-8H2,(H,14,17)/t10-/m0/s1. The highest BCUT2D eigenvalue weighted by Crippen LogP contribution is 2.34. The van der Waals surface area contributed by atoms with Crippen LogP contribution < -0.4 is 14.8 Å². The maximum atomic E-state index is 11.9. The van der Waals surface area contributed by atoms with Gasteiger partial charge in [-0.3, -0.25) is 9.69 Å². The topological polar surface area (TPSA) is 71.0 Å². The van der Waals surface area contributed by atoms with Gasteiger partial charge in [-0.05, 0) is 18.6 Å². The number of aliphatic hydroxyl groups excluding tert-OH is 1. The number of fused-ring (bicyclic) bond motifs is 1. The van der Waals surface area contributed by atoms with E-state index in [1.165, 1.54) is 0 Å². The van der Waals surface area contributed by atoms with Crippen molar-refractivity contribution in [1.29, 1.82) is 0 Å². The Bertz CT molecular complexity index is 492. The summed E-state index contributed by atoms with van der Waals surface area (Å²) in [7, 11) is 0. The van der Waals surface area contributed by atoms with Crippen molar-refractivity contribution >= 4 is 11.6 Å². The highest BCUT2D eigenvalue weighted by Gasteiger charge is 2.22. The molecule has 1 amide bonds. The molecule has 0 aromatic heterocycles. The fourth-order valence-electron chi connectivity index (χ4n) is 2.33. The average Bonchev–Trinajstić information content (AvgIpc) is 2.97. The quantitative estimate of drug-likeness (QED) is 0.828. The number of anilines is 1. The summed E-state index contributed by atoms with van der Waals surface area (Å²) in [6, 6.07) is 5.31. The highest BCUT2D eigenvalue weighted by atomic mass is 16.7. The predicted molar refractivity (Wildman–Crippen MR) is 68.3 cm³/mol. The number of likely N-dealkylation sites (tertiary alicyclic amines) is 1. The minimum Gasteiger partial charge on any atom is -0.454 e. The summed E-state index contributed by atoms with van der Waals surface area (Å²) in [5.41, 5.74) is 0.689. The van der Waals surface area contributed by atoms with Gasteiger partial charge in [-0.15, -0.1) is 0 Å². The molecule has 0 saturated carbocycles. The van der Waals surface area contributed by atoms with E-state index in [0.717, 1.165) is 13.0 Å². The summed E-state index contributed by atoms with van der Waals surface area (Å²) in [6.07, 6.45) is 0.426. The van der Waals surface area contributed by atoms with Crippen LogP contribution in [0.5, 0.6) is 11.5 Å². The van der Waals surface area contributed by atoms with Crippen LogP contribution in [0.4, 0.5) is 5.69 Å². The second-order valence-corrected chi connectivity index (χ2v) is 4.79. The van der Waals surface area contributed by atoms with E-state index in [1.807, 2.05) is 4.90 Å². The Balaban J connectivity index is 1.57. The SMILES string of the molecule is O=C(CN1CC[C@H](O)C1)Nc1ccc2c(c1)OCO2. The fraction of sp³-hybridized carbons (Fsp3) is 0.462. The first-order valence-electron chi connectivity index (χ1n) is 6.30. The Morgan fingerprint density at radius 3 is 3.05 bits per heavy atom. The number of carbonyl (C=O) groups excluding carboxylic acids is 1. The lowest BCUT2D eigenvalue weighted by molar-refractivity contribution is -0.117. The summed E-state index contributed by atoms with van der Waals surface area (Å²) >= 11 is 0. The maximum absolute atomic E-state index is 11.9. The first-order chi connectivity index (χ1) is 9.20. The number of hydrogen-bond donors (Lipinski definition) is 2. The summed E-state index contributed by atoms with van der Waals surface area (Å²) in [5, 5.41) is 12.2. The van der Waals surface area contributed by atoms with Crippen LogP contribution in [0.2, 0.25) is 0 Å². The number of β-amino-alcohol motifs (C(OH)–C–C–N with tert-alkyl or cyclic N) is 1. The van der Waals surface area contributed by atoms with Gasteiger partial charge in [0.05, 0.1) is 12.6 Å². The lowest BCUT2D eigenvalue weighted by Crippen LogP contribution is -2.32. The van der Waals surface area contributed by atoms with E-state index in [-0.39, 0.29) is 18.8 Å². The molecule has 2 aliphatic rings. The zero-order valence-electron chi connectivity index (χ0n) is 10.5. The van der Waals surface area contributed by atoms with Crippen LogP contribution in [-0.2, 0) is 4.79 Å². The molecular formula is C13H16N2O4. The number of aliphatic hydroxyl groups is 1. The molecule has 1 aromatic rings. The van der Waals surface area contributed by atoms with Crippen molar-refractivity contribution in [2.75, 3.05) is 31.7 Å². The summed E-state index contributed by atoms with van der Waals surface area (Å²) in [5.74, 6) is 1.25. The number of nitrogens with one attached hydrogen (secondary N) is 1. The van der Waals surface area contributed by atoms with Gasteiger partial charge in [0.1, 0.15) is 0 Å². The molecule has 19 heavy (non-hydrogen) atoms. The Kier molecular flexibility index (Phi) is 3.27. The fourth-order valence-corrected chi connectivity index (χ4v) is 2.33. The minimum atomic E-state index is -0.307. The molecule has 0 spiro atoms. The maximum Gasteiger partial charge on any atom is 0.238 e. The second-order valence-electron chi connectivity index (χ2n) is 4.79. The van der Waals surface area contributed by atoms with Gasteiger partial charge >= 0.3 is 0 Å². The van der Waals surface area contributed by atoms with Crippen molar-refractivity contribution < 1.29 is 19.4 Å². The number of carbonyl (C=O) groups is 1. The molecule has 0 radical (unpaired) electrons. The number of hydrogen-bond acceptors (Lipinski definition) is 5. The summed E-state index contributed by atoms with van der Waals surface area (Å²) in [6.45, 7) is 1.84. The van der Waals surface area contributed by atoms with Crippen LogP contribution in [0.3, 0.4) is 0 Å². The number of amides is 1. The molecule has 1 atom stereocenters. The molecule has 1 saturated heterocycles. The monoisotopic (exact) mass is 264 g/mol. The number of nitrogens with zero attached hydrogens (tertiary/aromatic N) is 1. The van der Waals surface area contributed by atoms with E-state index in [4.69, 9.17) is 9.47 Å². The van der Waals surface area contributed by atoms with Crippen molar-refractivity contribution in [2.45, 2.75) is 12.5 Å². The molecule has 3 rings (SSSR count).